The summed E-state index contributed by atoms with van der Waals surface area (Å²) in [5.74, 6) is -0.945. The second kappa shape index (κ2) is 5.49. The molecule has 1 aromatic rings. The highest BCUT2D eigenvalue weighted by atomic mass is 79.9. The Kier molecular flexibility index (Phi) is 4.51. The Morgan fingerprint density at radius 3 is 2.53 bits per heavy atom. The van der Waals surface area contributed by atoms with Crippen LogP contribution in [0.3, 0.4) is 0 Å². The van der Waals surface area contributed by atoms with Gasteiger partial charge in [0.2, 0.25) is 0 Å². The maximum Gasteiger partial charge on any atom is 0.340 e. The summed E-state index contributed by atoms with van der Waals surface area (Å²) in [7, 11) is 0. The van der Waals surface area contributed by atoms with Crippen LogP contribution in [0, 0.1) is 11.7 Å². The predicted octanol–water partition coefficient (Wildman–Crippen LogP) is 3.37. The van der Waals surface area contributed by atoms with Crippen molar-refractivity contribution in [2.24, 2.45) is 5.92 Å². The topological polar surface area (TPSA) is 52.3 Å². The third kappa shape index (κ3) is 3.43. The van der Waals surface area contributed by atoms with Crippen molar-refractivity contribution in [2.75, 3.05) is 5.73 Å². The number of ether oxygens (including phenoxy) is 1. The molecule has 3 nitrogen and oxygen atoms in total. The average molecular weight is 304 g/mol. The lowest BCUT2D eigenvalue weighted by atomic mass is 10.1. The summed E-state index contributed by atoms with van der Waals surface area (Å²) < 4.78 is 18.7. The van der Waals surface area contributed by atoms with Crippen molar-refractivity contribution >= 4 is 27.6 Å². The van der Waals surface area contributed by atoms with Crippen LogP contribution in [-0.4, -0.2) is 12.1 Å². The van der Waals surface area contributed by atoms with Gasteiger partial charge in [0, 0.05) is 5.69 Å². The smallest absolute Gasteiger partial charge is 0.340 e. The van der Waals surface area contributed by atoms with E-state index in [2.05, 4.69) is 15.9 Å². The molecule has 0 saturated heterocycles. The highest BCUT2D eigenvalue weighted by Gasteiger charge is 2.18. The van der Waals surface area contributed by atoms with Crippen LogP contribution in [0.25, 0.3) is 0 Å². The van der Waals surface area contributed by atoms with Gasteiger partial charge in [-0.1, -0.05) is 13.8 Å². The largest absolute Gasteiger partial charge is 0.459 e. The number of hydrogen-bond acceptors (Lipinski definition) is 3. The van der Waals surface area contributed by atoms with E-state index in [1.165, 1.54) is 6.07 Å². The zero-order chi connectivity index (χ0) is 13.2. The summed E-state index contributed by atoms with van der Waals surface area (Å²) in [6.45, 7) is 5.65. The van der Waals surface area contributed by atoms with Gasteiger partial charge < -0.3 is 10.5 Å². The van der Waals surface area contributed by atoms with Crippen molar-refractivity contribution in [3.8, 4) is 0 Å². The predicted molar refractivity (Wildman–Crippen MR) is 68.2 cm³/mol. The number of nitrogens with two attached hydrogens (primary N) is 1. The molecule has 2 N–H and O–H groups in total. The number of halogens is 2. The first kappa shape index (κ1) is 14.0. The number of hydrogen-bond donors (Lipinski definition) is 1. The fourth-order valence-corrected chi connectivity index (χ4v) is 1.47. The van der Waals surface area contributed by atoms with Crippen LogP contribution >= 0.6 is 15.9 Å². The number of benzene rings is 1. The van der Waals surface area contributed by atoms with E-state index in [1.54, 1.807) is 6.92 Å². The first-order chi connectivity index (χ1) is 7.82. The molecule has 0 aliphatic rings. The number of carbonyl (C=O) groups excluding carboxylic acids is 1. The van der Waals surface area contributed by atoms with Gasteiger partial charge in [0.1, 0.15) is 11.9 Å². The van der Waals surface area contributed by atoms with Crippen LogP contribution in [0.1, 0.15) is 31.1 Å². The van der Waals surface area contributed by atoms with Crippen LogP contribution in [0.15, 0.2) is 16.6 Å². The van der Waals surface area contributed by atoms with Crippen LogP contribution in [0.2, 0.25) is 0 Å². The summed E-state index contributed by atoms with van der Waals surface area (Å²) >= 11 is 3.00. The van der Waals surface area contributed by atoms with Crippen molar-refractivity contribution < 1.29 is 13.9 Å². The monoisotopic (exact) mass is 303 g/mol. The number of carbonyl (C=O) groups is 1. The molecular formula is C12H15BrFNO2. The highest BCUT2D eigenvalue weighted by molar-refractivity contribution is 9.10. The van der Waals surface area contributed by atoms with Gasteiger partial charge in [0.25, 0.3) is 0 Å². The van der Waals surface area contributed by atoms with E-state index in [9.17, 15) is 9.18 Å². The molecule has 0 aliphatic heterocycles. The molecular weight excluding hydrogens is 289 g/mol. The van der Waals surface area contributed by atoms with E-state index in [0.717, 1.165) is 6.07 Å². The molecule has 0 amide bonds. The molecule has 17 heavy (non-hydrogen) atoms. The van der Waals surface area contributed by atoms with Gasteiger partial charge in [-0.3, -0.25) is 0 Å². The minimum Gasteiger partial charge on any atom is -0.459 e. The quantitative estimate of drug-likeness (QED) is 0.688. The lowest BCUT2D eigenvalue weighted by Gasteiger charge is -2.17. The Hall–Kier alpha value is -1.10. The van der Waals surface area contributed by atoms with Gasteiger partial charge in [0.05, 0.1) is 10.0 Å². The molecule has 0 heterocycles. The van der Waals surface area contributed by atoms with Crippen LogP contribution in [0.4, 0.5) is 10.1 Å². The molecule has 0 saturated carbocycles. The molecule has 1 rings (SSSR count). The van der Waals surface area contributed by atoms with Gasteiger partial charge in [-0.2, -0.15) is 0 Å². The molecule has 1 aromatic carbocycles. The summed E-state index contributed by atoms with van der Waals surface area (Å²) in [5, 5.41) is 0. The maximum atomic E-state index is 13.3. The SMILES string of the molecule is CC(C)C(C)OC(=O)c1cc(F)c(Br)cc1N. The minimum atomic E-state index is -0.602. The second-order valence-corrected chi connectivity index (χ2v) is 5.06. The molecule has 0 radical (unpaired) electrons. The summed E-state index contributed by atoms with van der Waals surface area (Å²) in [6, 6.07) is 2.43. The number of anilines is 1. The maximum absolute atomic E-state index is 13.3. The van der Waals surface area contributed by atoms with Gasteiger partial charge in [0.15, 0.2) is 0 Å². The fraction of sp³-hybridized carbons (Fsp3) is 0.417. The Labute approximate surface area is 108 Å². The van der Waals surface area contributed by atoms with E-state index in [1.807, 2.05) is 13.8 Å². The van der Waals surface area contributed by atoms with Crippen LogP contribution in [-0.2, 0) is 4.74 Å². The Morgan fingerprint density at radius 2 is 2.00 bits per heavy atom. The van der Waals surface area contributed by atoms with Crippen molar-refractivity contribution in [2.45, 2.75) is 26.9 Å². The highest BCUT2D eigenvalue weighted by Crippen LogP contribution is 2.24. The van der Waals surface area contributed by atoms with E-state index in [-0.39, 0.29) is 27.7 Å². The zero-order valence-electron chi connectivity index (χ0n) is 9.96. The van der Waals surface area contributed by atoms with Crippen molar-refractivity contribution in [1.82, 2.24) is 0 Å². The summed E-state index contributed by atoms with van der Waals surface area (Å²) in [4.78, 5) is 11.8. The van der Waals surface area contributed by atoms with Gasteiger partial charge in [-0.25, -0.2) is 9.18 Å². The standard InChI is InChI=1S/C12H15BrFNO2/c1-6(2)7(3)17-12(16)8-4-10(14)9(13)5-11(8)15/h4-7H,15H2,1-3H3. The molecule has 1 unspecified atom stereocenters. The first-order valence-corrected chi connectivity index (χ1v) is 6.07. The van der Waals surface area contributed by atoms with Gasteiger partial charge in [-0.05, 0) is 40.9 Å². The lowest BCUT2D eigenvalue weighted by Crippen LogP contribution is -2.21. The van der Waals surface area contributed by atoms with Gasteiger partial charge >= 0.3 is 5.97 Å². The molecule has 5 heteroatoms. The normalized spacial score (nSPS) is 12.6. The van der Waals surface area contributed by atoms with Gasteiger partial charge in [-0.15, -0.1) is 0 Å². The first-order valence-electron chi connectivity index (χ1n) is 5.28. The molecule has 0 bridgehead atoms. The van der Waals surface area contributed by atoms with Crippen LogP contribution in [0.5, 0.6) is 0 Å². The Morgan fingerprint density at radius 1 is 1.41 bits per heavy atom. The molecule has 0 fully saturated rings. The van der Waals surface area contributed by atoms with Crippen LogP contribution < -0.4 is 5.73 Å². The zero-order valence-corrected chi connectivity index (χ0v) is 11.5. The molecule has 1 atom stereocenters. The Balaban J connectivity index is 2.93. The van der Waals surface area contributed by atoms with Crippen molar-refractivity contribution in [3.05, 3.63) is 28.0 Å². The molecule has 0 aliphatic carbocycles. The van der Waals surface area contributed by atoms with Crippen molar-refractivity contribution in [3.63, 3.8) is 0 Å². The summed E-state index contributed by atoms with van der Waals surface area (Å²) in [6.07, 6.45) is -0.242. The average Bonchev–Trinajstić information content (AvgIpc) is 2.22. The number of nitrogen functional groups attached to an aromatic ring is 1. The third-order valence-corrected chi connectivity index (χ3v) is 3.15. The summed E-state index contributed by atoms with van der Waals surface area (Å²) in [5.41, 5.74) is 5.89. The fourth-order valence-electron chi connectivity index (χ4n) is 1.11. The van der Waals surface area contributed by atoms with E-state index < -0.39 is 11.8 Å². The lowest BCUT2D eigenvalue weighted by molar-refractivity contribution is 0.0239. The Bertz CT molecular complexity index is 435. The van der Waals surface area contributed by atoms with E-state index in [0.29, 0.717) is 0 Å². The molecule has 94 valence electrons. The second-order valence-electron chi connectivity index (χ2n) is 4.21. The third-order valence-electron chi connectivity index (χ3n) is 2.54. The molecule has 0 spiro atoms. The minimum absolute atomic E-state index is 0.0539. The van der Waals surface area contributed by atoms with Crippen molar-refractivity contribution in [1.29, 1.82) is 0 Å². The number of rotatable bonds is 3. The number of esters is 1. The van der Waals surface area contributed by atoms with E-state index in [4.69, 9.17) is 10.5 Å². The molecule has 0 aromatic heterocycles. The van der Waals surface area contributed by atoms with E-state index >= 15 is 0 Å².